The maximum Gasteiger partial charge on any atom is 0.137 e. The number of halogens is 2. The Balaban J connectivity index is 2.02. The third kappa shape index (κ3) is 2.21. The zero-order valence-electron chi connectivity index (χ0n) is 8.82. The molecule has 2 N–H and O–H groups in total. The Bertz CT molecular complexity index is 388. The van der Waals surface area contributed by atoms with Gasteiger partial charge in [-0.05, 0) is 34.1 Å². The summed E-state index contributed by atoms with van der Waals surface area (Å²) < 4.78 is 24.2. The molecule has 0 radical (unpaired) electrons. The maximum absolute atomic E-state index is 13.0. The fourth-order valence-electron chi connectivity index (χ4n) is 1.78. The van der Waals surface area contributed by atoms with E-state index in [9.17, 15) is 4.39 Å². The van der Waals surface area contributed by atoms with Crippen LogP contribution in [0.2, 0.25) is 0 Å². The van der Waals surface area contributed by atoms with Crippen molar-refractivity contribution in [2.24, 2.45) is 5.73 Å². The van der Waals surface area contributed by atoms with Crippen LogP contribution in [0.5, 0.6) is 5.75 Å². The number of hydrogen-bond donors (Lipinski definition) is 1. The smallest absolute Gasteiger partial charge is 0.137 e. The summed E-state index contributed by atoms with van der Waals surface area (Å²) in [6.07, 6.45) is 0.634. The molecular formula is C11H13BrFNO2. The number of benzene rings is 1. The van der Waals surface area contributed by atoms with E-state index in [2.05, 4.69) is 15.9 Å². The van der Waals surface area contributed by atoms with Crippen molar-refractivity contribution in [1.29, 1.82) is 0 Å². The zero-order chi connectivity index (χ0) is 11.7. The Hall–Kier alpha value is -0.650. The van der Waals surface area contributed by atoms with E-state index in [0.717, 1.165) is 6.42 Å². The van der Waals surface area contributed by atoms with Crippen LogP contribution in [-0.2, 0) is 4.74 Å². The molecule has 16 heavy (non-hydrogen) atoms. The molecule has 1 aliphatic carbocycles. The summed E-state index contributed by atoms with van der Waals surface area (Å²) in [5.41, 5.74) is 5.76. The fourth-order valence-corrected chi connectivity index (χ4v) is 2.14. The first kappa shape index (κ1) is 11.8. The summed E-state index contributed by atoms with van der Waals surface area (Å²) in [6.45, 7) is 0. The van der Waals surface area contributed by atoms with Gasteiger partial charge in [-0.15, -0.1) is 0 Å². The molecule has 2 rings (SSSR count). The van der Waals surface area contributed by atoms with Gasteiger partial charge in [0, 0.05) is 19.6 Å². The van der Waals surface area contributed by atoms with Gasteiger partial charge >= 0.3 is 0 Å². The zero-order valence-corrected chi connectivity index (χ0v) is 10.4. The van der Waals surface area contributed by atoms with Crippen molar-refractivity contribution < 1.29 is 13.9 Å². The topological polar surface area (TPSA) is 44.5 Å². The summed E-state index contributed by atoms with van der Waals surface area (Å²) in [5, 5.41) is 0. The molecule has 5 heteroatoms. The lowest BCUT2D eigenvalue weighted by molar-refractivity contribution is -0.0782. The van der Waals surface area contributed by atoms with E-state index in [0.29, 0.717) is 10.2 Å². The summed E-state index contributed by atoms with van der Waals surface area (Å²) in [7, 11) is 1.61. The fraction of sp³-hybridized carbons (Fsp3) is 0.455. The van der Waals surface area contributed by atoms with Gasteiger partial charge < -0.3 is 15.2 Å². The van der Waals surface area contributed by atoms with E-state index in [-0.39, 0.29) is 24.1 Å². The van der Waals surface area contributed by atoms with Gasteiger partial charge in [0.2, 0.25) is 0 Å². The van der Waals surface area contributed by atoms with Crippen LogP contribution < -0.4 is 10.5 Å². The molecule has 0 aliphatic heterocycles. The molecule has 1 aromatic rings. The second kappa shape index (κ2) is 4.69. The minimum absolute atomic E-state index is 0.0267. The molecule has 3 atom stereocenters. The van der Waals surface area contributed by atoms with Gasteiger partial charge in [0.05, 0.1) is 4.47 Å². The van der Waals surface area contributed by atoms with Gasteiger partial charge in [0.25, 0.3) is 0 Å². The van der Waals surface area contributed by atoms with Crippen molar-refractivity contribution in [2.45, 2.75) is 24.7 Å². The van der Waals surface area contributed by atoms with Crippen LogP contribution in [-0.4, -0.2) is 25.4 Å². The highest BCUT2D eigenvalue weighted by molar-refractivity contribution is 9.10. The van der Waals surface area contributed by atoms with Gasteiger partial charge in [-0.2, -0.15) is 0 Å². The lowest BCUT2D eigenvalue weighted by Gasteiger charge is -2.40. The molecule has 1 saturated carbocycles. The van der Waals surface area contributed by atoms with Crippen molar-refractivity contribution in [3.63, 3.8) is 0 Å². The first-order chi connectivity index (χ1) is 7.61. The number of nitrogens with two attached hydrogens (primary N) is 1. The van der Waals surface area contributed by atoms with Crippen LogP contribution in [0.4, 0.5) is 4.39 Å². The summed E-state index contributed by atoms with van der Waals surface area (Å²) in [4.78, 5) is 0. The first-order valence-corrected chi connectivity index (χ1v) is 5.81. The van der Waals surface area contributed by atoms with Crippen LogP contribution in [0.1, 0.15) is 6.42 Å². The Morgan fingerprint density at radius 1 is 1.50 bits per heavy atom. The third-order valence-corrected chi connectivity index (χ3v) is 3.35. The molecule has 0 bridgehead atoms. The van der Waals surface area contributed by atoms with E-state index < -0.39 is 0 Å². The highest BCUT2D eigenvalue weighted by atomic mass is 79.9. The van der Waals surface area contributed by atoms with Crippen LogP contribution >= 0.6 is 15.9 Å². The molecule has 0 saturated heterocycles. The monoisotopic (exact) mass is 289 g/mol. The normalized spacial score (nSPS) is 28.6. The summed E-state index contributed by atoms with van der Waals surface area (Å²) in [5.74, 6) is 0.313. The minimum atomic E-state index is -0.305. The average Bonchev–Trinajstić information content (AvgIpc) is 2.23. The highest BCUT2D eigenvalue weighted by Gasteiger charge is 2.40. The highest BCUT2D eigenvalue weighted by Crippen LogP contribution is 2.29. The van der Waals surface area contributed by atoms with Crippen molar-refractivity contribution in [3.8, 4) is 5.75 Å². The number of hydrogen-bond acceptors (Lipinski definition) is 3. The molecule has 0 spiro atoms. The number of rotatable bonds is 3. The van der Waals surface area contributed by atoms with Crippen LogP contribution in [0.3, 0.4) is 0 Å². The summed E-state index contributed by atoms with van der Waals surface area (Å²) >= 11 is 3.11. The minimum Gasteiger partial charge on any atom is -0.488 e. The number of ether oxygens (including phenoxy) is 2. The third-order valence-electron chi connectivity index (χ3n) is 2.74. The van der Waals surface area contributed by atoms with Crippen LogP contribution in [0, 0.1) is 5.82 Å². The van der Waals surface area contributed by atoms with E-state index in [4.69, 9.17) is 15.2 Å². The second-order valence-electron chi connectivity index (χ2n) is 3.83. The summed E-state index contributed by atoms with van der Waals surface area (Å²) in [6, 6.07) is 4.58. The van der Waals surface area contributed by atoms with Crippen molar-refractivity contribution in [2.75, 3.05) is 7.11 Å². The molecule has 3 unspecified atom stereocenters. The van der Waals surface area contributed by atoms with Crippen molar-refractivity contribution in [3.05, 3.63) is 28.5 Å². The van der Waals surface area contributed by atoms with E-state index >= 15 is 0 Å². The van der Waals surface area contributed by atoms with E-state index in [1.807, 2.05) is 0 Å². The lowest BCUT2D eigenvalue weighted by Crippen LogP contribution is -2.59. The van der Waals surface area contributed by atoms with Crippen molar-refractivity contribution >= 4 is 15.9 Å². The van der Waals surface area contributed by atoms with Gasteiger partial charge in [0.15, 0.2) is 0 Å². The Morgan fingerprint density at radius 3 is 2.81 bits per heavy atom. The Labute approximate surface area is 102 Å². The van der Waals surface area contributed by atoms with Gasteiger partial charge in [-0.3, -0.25) is 0 Å². The van der Waals surface area contributed by atoms with Crippen molar-refractivity contribution in [1.82, 2.24) is 0 Å². The molecule has 0 aromatic heterocycles. The molecule has 1 aromatic carbocycles. The average molecular weight is 290 g/mol. The first-order valence-electron chi connectivity index (χ1n) is 5.02. The van der Waals surface area contributed by atoms with E-state index in [1.165, 1.54) is 6.07 Å². The molecule has 0 heterocycles. The standard InChI is InChI=1S/C11H13BrFNO2/c1-15-11-9(14)5-10(11)16-6-2-3-8(13)7(12)4-6/h2-4,9-11H,5,14H2,1H3. The van der Waals surface area contributed by atoms with Crippen LogP contribution in [0.15, 0.2) is 22.7 Å². The molecule has 0 amide bonds. The van der Waals surface area contributed by atoms with E-state index in [1.54, 1.807) is 19.2 Å². The maximum atomic E-state index is 13.0. The molecule has 1 aliphatic rings. The molecule has 3 nitrogen and oxygen atoms in total. The molecule has 1 fully saturated rings. The van der Waals surface area contributed by atoms with Crippen LogP contribution in [0.25, 0.3) is 0 Å². The SMILES string of the molecule is COC1C(N)CC1Oc1ccc(F)c(Br)c1. The van der Waals surface area contributed by atoms with Gasteiger partial charge in [-0.1, -0.05) is 0 Å². The van der Waals surface area contributed by atoms with Gasteiger partial charge in [-0.25, -0.2) is 4.39 Å². The number of methoxy groups -OCH3 is 1. The largest absolute Gasteiger partial charge is 0.488 e. The second-order valence-corrected chi connectivity index (χ2v) is 4.69. The van der Waals surface area contributed by atoms with Gasteiger partial charge in [0.1, 0.15) is 23.8 Å². The molecule has 88 valence electrons. The predicted molar refractivity (Wildman–Crippen MR) is 61.9 cm³/mol. The quantitative estimate of drug-likeness (QED) is 0.927. The lowest BCUT2D eigenvalue weighted by atomic mass is 9.86. The molecular weight excluding hydrogens is 277 g/mol. The Kier molecular flexibility index (Phi) is 3.47. The predicted octanol–water partition coefficient (Wildman–Crippen LogP) is 2.08. The Morgan fingerprint density at radius 2 is 2.25 bits per heavy atom.